The lowest BCUT2D eigenvalue weighted by atomic mass is 10.1. The first-order chi connectivity index (χ1) is 12.7. The van der Waals surface area contributed by atoms with E-state index in [0.29, 0.717) is 12.1 Å². The lowest BCUT2D eigenvalue weighted by molar-refractivity contribution is 0.177. The first kappa shape index (κ1) is 20.3. The Labute approximate surface area is 165 Å². The van der Waals surface area contributed by atoms with Crippen LogP contribution >= 0.6 is 0 Å². The summed E-state index contributed by atoms with van der Waals surface area (Å²) in [6.07, 6.45) is 6.32. The molecule has 1 saturated heterocycles. The summed E-state index contributed by atoms with van der Waals surface area (Å²) in [6, 6.07) is 11.3. The molecule has 1 aromatic carbocycles. The number of imidazole rings is 1. The van der Waals surface area contributed by atoms with Gasteiger partial charge in [0.25, 0.3) is 0 Å². The standard InChI is InChI=1S/C22H35N3OSi/c1-22(2,3)27(5,6)26-20-14-19(15-21-23-12-13-24(21)4)25(17-20)16-18-10-8-7-9-11-18/h7-13,19-20H,14-17H2,1-6H3/t19-,20+/m0/s1. The molecule has 0 N–H and O–H groups in total. The second-order valence-electron chi connectivity index (χ2n) is 9.46. The third kappa shape index (κ3) is 4.89. The Hall–Kier alpha value is -1.43. The van der Waals surface area contributed by atoms with Crippen LogP contribution in [0.2, 0.25) is 18.1 Å². The van der Waals surface area contributed by atoms with Crippen LogP contribution in [-0.2, 0) is 24.4 Å². The fourth-order valence-corrected chi connectivity index (χ4v) is 5.00. The van der Waals surface area contributed by atoms with Gasteiger partial charge in [0.1, 0.15) is 5.82 Å². The number of nitrogens with zero attached hydrogens (tertiary/aromatic N) is 3. The van der Waals surface area contributed by atoms with Gasteiger partial charge in [-0.3, -0.25) is 4.90 Å². The Bertz CT molecular complexity index is 736. The number of rotatable bonds is 6. The number of likely N-dealkylation sites (tertiary alicyclic amines) is 1. The second-order valence-corrected chi connectivity index (χ2v) is 14.2. The largest absolute Gasteiger partial charge is 0.413 e. The van der Waals surface area contributed by atoms with Gasteiger partial charge < -0.3 is 8.99 Å². The van der Waals surface area contributed by atoms with Crippen molar-refractivity contribution in [2.75, 3.05) is 6.54 Å². The highest BCUT2D eigenvalue weighted by Gasteiger charge is 2.42. The van der Waals surface area contributed by atoms with E-state index in [9.17, 15) is 0 Å². The Morgan fingerprint density at radius 1 is 1.19 bits per heavy atom. The number of hydrogen-bond acceptors (Lipinski definition) is 3. The van der Waals surface area contributed by atoms with Gasteiger partial charge in [-0.1, -0.05) is 51.1 Å². The zero-order chi connectivity index (χ0) is 19.7. The maximum atomic E-state index is 6.78. The van der Waals surface area contributed by atoms with E-state index in [4.69, 9.17) is 4.43 Å². The molecule has 1 aliphatic heterocycles. The van der Waals surface area contributed by atoms with E-state index in [1.807, 2.05) is 12.4 Å². The van der Waals surface area contributed by atoms with Crippen molar-refractivity contribution >= 4 is 8.32 Å². The van der Waals surface area contributed by atoms with E-state index in [-0.39, 0.29) is 5.04 Å². The minimum absolute atomic E-state index is 0.245. The van der Waals surface area contributed by atoms with Crippen molar-refractivity contribution in [2.24, 2.45) is 7.05 Å². The summed E-state index contributed by atoms with van der Waals surface area (Å²) in [5.41, 5.74) is 1.37. The summed E-state index contributed by atoms with van der Waals surface area (Å²) in [6.45, 7) is 13.7. The van der Waals surface area contributed by atoms with Gasteiger partial charge in [-0.15, -0.1) is 0 Å². The molecular formula is C22H35N3OSi. The first-order valence-electron chi connectivity index (χ1n) is 10.1. The Morgan fingerprint density at radius 2 is 1.89 bits per heavy atom. The molecule has 0 radical (unpaired) electrons. The Kier molecular flexibility index (Phi) is 5.94. The highest BCUT2D eigenvalue weighted by molar-refractivity contribution is 6.74. The molecule has 0 saturated carbocycles. The van der Waals surface area contributed by atoms with E-state index in [1.54, 1.807) is 0 Å². The third-order valence-corrected chi connectivity index (χ3v) is 10.9. The molecule has 1 fully saturated rings. The fraction of sp³-hybridized carbons (Fsp3) is 0.591. The smallest absolute Gasteiger partial charge is 0.192 e. The molecule has 0 amide bonds. The quantitative estimate of drug-likeness (QED) is 0.679. The molecule has 2 atom stereocenters. The fourth-order valence-electron chi connectivity index (χ4n) is 3.64. The maximum absolute atomic E-state index is 6.78. The van der Waals surface area contributed by atoms with Crippen LogP contribution < -0.4 is 0 Å². The van der Waals surface area contributed by atoms with E-state index < -0.39 is 8.32 Å². The van der Waals surface area contributed by atoms with Crippen molar-refractivity contribution in [1.82, 2.24) is 14.5 Å². The predicted octanol–water partition coefficient (Wildman–Crippen LogP) is 4.63. The topological polar surface area (TPSA) is 30.3 Å². The van der Waals surface area contributed by atoms with Crippen LogP contribution in [0.15, 0.2) is 42.7 Å². The van der Waals surface area contributed by atoms with Gasteiger partial charge in [0, 0.05) is 45.0 Å². The summed E-state index contributed by atoms with van der Waals surface area (Å²) in [5, 5.41) is 0.245. The first-order valence-corrected chi connectivity index (χ1v) is 13.0. The summed E-state index contributed by atoms with van der Waals surface area (Å²) in [7, 11) is 0.327. The van der Waals surface area contributed by atoms with Gasteiger partial charge in [-0.2, -0.15) is 0 Å². The number of hydrogen-bond donors (Lipinski definition) is 0. The number of aryl methyl sites for hydroxylation is 1. The molecule has 148 valence electrons. The molecule has 27 heavy (non-hydrogen) atoms. The SMILES string of the molecule is Cn1ccnc1C[C@@H]1C[C@@H](O[Si](C)(C)C(C)(C)C)CN1Cc1ccccc1. The van der Waals surface area contributed by atoms with Crippen LogP contribution in [0.1, 0.15) is 38.6 Å². The maximum Gasteiger partial charge on any atom is 0.192 e. The lowest BCUT2D eigenvalue weighted by Gasteiger charge is -2.38. The molecule has 0 unspecified atom stereocenters. The van der Waals surface area contributed by atoms with Crippen LogP contribution in [0.25, 0.3) is 0 Å². The molecule has 1 aliphatic rings. The summed E-state index contributed by atoms with van der Waals surface area (Å²) in [4.78, 5) is 7.16. The number of aromatic nitrogens is 2. The Balaban J connectivity index is 1.75. The monoisotopic (exact) mass is 385 g/mol. The average Bonchev–Trinajstić information content (AvgIpc) is 3.14. The van der Waals surface area contributed by atoms with Crippen molar-refractivity contribution in [3.63, 3.8) is 0 Å². The van der Waals surface area contributed by atoms with Crippen molar-refractivity contribution < 1.29 is 4.43 Å². The van der Waals surface area contributed by atoms with Gasteiger partial charge in [0.15, 0.2) is 8.32 Å². The summed E-state index contributed by atoms with van der Waals surface area (Å²) >= 11 is 0. The van der Waals surface area contributed by atoms with Crippen molar-refractivity contribution in [2.45, 2.75) is 70.4 Å². The minimum atomic E-state index is -1.76. The van der Waals surface area contributed by atoms with Gasteiger partial charge >= 0.3 is 0 Å². The summed E-state index contributed by atoms with van der Waals surface area (Å²) < 4.78 is 8.92. The van der Waals surface area contributed by atoms with Crippen molar-refractivity contribution in [1.29, 1.82) is 0 Å². The normalized spacial score (nSPS) is 21.7. The zero-order valence-corrected chi connectivity index (χ0v) is 18.8. The Morgan fingerprint density at radius 3 is 2.48 bits per heavy atom. The van der Waals surface area contributed by atoms with Crippen LogP contribution in [0.3, 0.4) is 0 Å². The molecule has 4 nitrogen and oxygen atoms in total. The van der Waals surface area contributed by atoms with Crippen LogP contribution in [0.5, 0.6) is 0 Å². The van der Waals surface area contributed by atoms with Gasteiger partial charge in [-0.05, 0) is 30.1 Å². The molecule has 1 aromatic heterocycles. The van der Waals surface area contributed by atoms with Crippen molar-refractivity contribution in [3.05, 3.63) is 54.1 Å². The van der Waals surface area contributed by atoms with E-state index in [1.165, 1.54) is 5.56 Å². The third-order valence-electron chi connectivity index (χ3n) is 6.32. The molecule has 2 heterocycles. The van der Waals surface area contributed by atoms with Crippen molar-refractivity contribution in [3.8, 4) is 0 Å². The van der Waals surface area contributed by atoms with E-state index in [0.717, 1.165) is 31.8 Å². The van der Waals surface area contributed by atoms with E-state index in [2.05, 4.69) is 85.7 Å². The summed E-state index contributed by atoms with van der Waals surface area (Å²) in [5.74, 6) is 1.16. The predicted molar refractivity (Wildman–Crippen MR) is 114 cm³/mol. The molecule has 2 aromatic rings. The average molecular weight is 386 g/mol. The minimum Gasteiger partial charge on any atom is -0.413 e. The van der Waals surface area contributed by atoms with Crippen LogP contribution in [-0.4, -0.2) is 41.5 Å². The lowest BCUT2D eigenvalue weighted by Crippen LogP contribution is -2.44. The molecule has 0 bridgehead atoms. The molecular weight excluding hydrogens is 350 g/mol. The zero-order valence-electron chi connectivity index (χ0n) is 17.8. The van der Waals surface area contributed by atoms with E-state index >= 15 is 0 Å². The molecule has 0 spiro atoms. The van der Waals surface area contributed by atoms with Gasteiger partial charge in [-0.25, -0.2) is 4.98 Å². The highest BCUT2D eigenvalue weighted by Crippen LogP contribution is 2.39. The molecule has 0 aliphatic carbocycles. The molecule has 5 heteroatoms. The number of benzene rings is 1. The van der Waals surface area contributed by atoms with Crippen LogP contribution in [0, 0.1) is 0 Å². The highest BCUT2D eigenvalue weighted by atomic mass is 28.4. The molecule has 3 rings (SSSR count). The van der Waals surface area contributed by atoms with Gasteiger partial charge in [0.05, 0.1) is 6.10 Å². The van der Waals surface area contributed by atoms with Gasteiger partial charge in [0.2, 0.25) is 0 Å². The second kappa shape index (κ2) is 7.90. The van der Waals surface area contributed by atoms with Crippen LogP contribution in [0.4, 0.5) is 0 Å².